The topological polar surface area (TPSA) is 61.5 Å². The molecule has 1 unspecified atom stereocenters. The lowest BCUT2D eigenvalue weighted by atomic mass is 9.71. The third-order valence-corrected chi connectivity index (χ3v) is 6.06. The second-order valence-electron chi connectivity index (χ2n) is 8.63. The molecule has 0 saturated carbocycles. The summed E-state index contributed by atoms with van der Waals surface area (Å²) in [4.78, 5) is 24.2. The molecule has 2 aromatic rings. The highest BCUT2D eigenvalue weighted by atomic mass is 19.3. The smallest absolute Gasteiger partial charge is 0.261 e. The molecule has 1 spiro atoms. The number of halogens is 2. The Balaban J connectivity index is 1.53. The van der Waals surface area contributed by atoms with Crippen LogP contribution >= 0.6 is 0 Å². The summed E-state index contributed by atoms with van der Waals surface area (Å²) in [6, 6.07) is 7.54. The quantitative estimate of drug-likeness (QED) is 0.809. The first-order chi connectivity index (χ1) is 14.3. The molecule has 30 heavy (non-hydrogen) atoms. The van der Waals surface area contributed by atoms with Gasteiger partial charge < -0.3 is 14.6 Å². The van der Waals surface area contributed by atoms with Gasteiger partial charge >= 0.3 is 0 Å². The predicted molar refractivity (Wildman–Crippen MR) is 108 cm³/mol. The Bertz CT molecular complexity index is 916. The number of rotatable bonds is 5. The van der Waals surface area contributed by atoms with Gasteiger partial charge in [-0.15, -0.1) is 0 Å². The summed E-state index contributed by atoms with van der Waals surface area (Å²) in [6.07, 6.45) is 2.51. The highest BCUT2D eigenvalue weighted by Crippen LogP contribution is 2.45. The maximum Gasteiger partial charge on any atom is 0.261 e. The second-order valence-corrected chi connectivity index (χ2v) is 8.63. The van der Waals surface area contributed by atoms with Gasteiger partial charge in [0.1, 0.15) is 11.6 Å². The molecule has 0 bridgehead atoms. The van der Waals surface area contributed by atoms with E-state index in [0.29, 0.717) is 32.6 Å². The number of carbonyl (C=O) groups excluding carboxylic acids is 1. The summed E-state index contributed by atoms with van der Waals surface area (Å²) in [7, 11) is 1.60. The minimum atomic E-state index is -2.90. The average Bonchev–Trinajstić information content (AvgIpc) is 3.09. The number of alkyl halides is 2. The maximum atomic E-state index is 14.8. The van der Waals surface area contributed by atoms with Crippen molar-refractivity contribution >= 4 is 5.91 Å². The molecule has 8 heteroatoms. The fraction of sp³-hybridized carbons (Fsp3) is 0.545. The van der Waals surface area contributed by atoms with Gasteiger partial charge in [0.25, 0.3) is 5.92 Å². The first kappa shape index (κ1) is 20.8. The van der Waals surface area contributed by atoms with Gasteiger partial charge in [-0.05, 0) is 37.5 Å². The molecule has 1 aromatic heterocycles. The number of ether oxygens (including phenoxy) is 1. The molecule has 3 heterocycles. The first-order valence-corrected chi connectivity index (χ1v) is 10.3. The molecule has 6 nitrogen and oxygen atoms in total. The zero-order chi connectivity index (χ0) is 21.4. The maximum absolute atomic E-state index is 14.8. The van der Waals surface area contributed by atoms with Crippen LogP contribution in [0.15, 0.2) is 30.5 Å². The van der Waals surface area contributed by atoms with Crippen LogP contribution in [0, 0.1) is 12.3 Å². The lowest BCUT2D eigenvalue weighted by Crippen LogP contribution is -2.60. The van der Waals surface area contributed by atoms with Gasteiger partial charge in [-0.25, -0.2) is 13.8 Å². The molecule has 1 N–H and O–H groups in total. The van der Waals surface area contributed by atoms with Crippen molar-refractivity contribution in [2.24, 2.45) is 5.41 Å². The lowest BCUT2D eigenvalue weighted by molar-refractivity contribution is -0.170. The molecule has 1 atom stereocenters. The Labute approximate surface area is 175 Å². The number of hydrogen-bond acceptors (Lipinski definition) is 4. The van der Waals surface area contributed by atoms with Crippen molar-refractivity contribution in [3.8, 4) is 5.75 Å². The predicted octanol–water partition coefficient (Wildman–Crippen LogP) is 3.38. The summed E-state index contributed by atoms with van der Waals surface area (Å²) >= 11 is 0. The van der Waals surface area contributed by atoms with Gasteiger partial charge in [0, 0.05) is 44.5 Å². The standard InChI is InChI=1S/C22H28F2N4O2/c1-16-25-10-18(26-16)12-27-14-21(13-22(23,24)15-27)7-4-8-28(20(21)29)11-17-5-3-6-19(9-17)30-2/h3,5-6,9-10H,4,7-8,11-15H2,1-2H3,(H,25,26). The summed E-state index contributed by atoms with van der Waals surface area (Å²) in [5.74, 6) is -1.59. The Morgan fingerprint density at radius 2 is 2.10 bits per heavy atom. The highest BCUT2D eigenvalue weighted by Gasteiger charge is 2.55. The number of amides is 1. The Morgan fingerprint density at radius 3 is 2.83 bits per heavy atom. The third kappa shape index (κ3) is 4.33. The number of H-pyrrole nitrogens is 1. The van der Waals surface area contributed by atoms with E-state index in [1.54, 1.807) is 23.1 Å². The van der Waals surface area contributed by atoms with Crippen LogP contribution in [0.3, 0.4) is 0 Å². The molecule has 0 radical (unpaired) electrons. The van der Waals surface area contributed by atoms with Crippen LogP contribution in [0.25, 0.3) is 0 Å². The molecule has 0 aliphatic carbocycles. The van der Waals surface area contributed by atoms with Crippen LogP contribution in [-0.2, 0) is 17.9 Å². The van der Waals surface area contributed by atoms with Gasteiger partial charge in [0.05, 0.1) is 19.1 Å². The van der Waals surface area contributed by atoms with Crippen LogP contribution in [0.2, 0.25) is 0 Å². The van der Waals surface area contributed by atoms with Crippen molar-refractivity contribution in [2.45, 2.75) is 45.2 Å². The number of methoxy groups -OCH3 is 1. The zero-order valence-electron chi connectivity index (χ0n) is 17.5. The fourth-order valence-electron chi connectivity index (χ4n) is 4.93. The Morgan fingerprint density at radius 1 is 1.27 bits per heavy atom. The summed E-state index contributed by atoms with van der Waals surface area (Å²) in [6.45, 7) is 3.16. The minimum absolute atomic E-state index is 0.165. The number of nitrogens with zero attached hydrogens (tertiary/aromatic N) is 3. The number of imidazole rings is 1. The van der Waals surface area contributed by atoms with Gasteiger partial charge in [-0.3, -0.25) is 9.69 Å². The van der Waals surface area contributed by atoms with Crippen LogP contribution in [-0.4, -0.2) is 58.3 Å². The summed E-state index contributed by atoms with van der Waals surface area (Å²) in [5.41, 5.74) is 0.678. The van der Waals surface area contributed by atoms with Gasteiger partial charge in [0.15, 0.2) is 0 Å². The molecule has 2 saturated heterocycles. The minimum Gasteiger partial charge on any atom is -0.497 e. The van der Waals surface area contributed by atoms with Gasteiger partial charge in [0.2, 0.25) is 5.91 Å². The van der Waals surface area contributed by atoms with Crippen molar-refractivity contribution < 1.29 is 18.3 Å². The van der Waals surface area contributed by atoms with Crippen LogP contribution in [0.1, 0.15) is 36.3 Å². The van der Waals surface area contributed by atoms with E-state index in [2.05, 4.69) is 9.97 Å². The molecule has 162 valence electrons. The average molecular weight is 418 g/mol. The normalized spacial score (nSPS) is 24.4. The molecule has 1 aromatic carbocycles. The largest absolute Gasteiger partial charge is 0.497 e. The molecule has 4 rings (SSSR count). The van der Waals surface area contributed by atoms with E-state index >= 15 is 0 Å². The highest BCUT2D eigenvalue weighted by molar-refractivity contribution is 5.84. The van der Waals surface area contributed by atoms with E-state index in [4.69, 9.17) is 4.74 Å². The molecule has 1 amide bonds. The van der Waals surface area contributed by atoms with Crippen molar-refractivity contribution in [2.75, 3.05) is 26.7 Å². The third-order valence-electron chi connectivity index (χ3n) is 6.06. The van der Waals surface area contributed by atoms with E-state index in [-0.39, 0.29) is 18.9 Å². The number of piperidine rings is 2. The van der Waals surface area contributed by atoms with Crippen LogP contribution < -0.4 is 4.74 Å². The number of nitrogens with one attached hydrogen (secondary N) is 1. The number of benzene rings is 1. The van der Waals surface area contributed by atoms with Crippen molar-refractivity contribution in [1.29, 1.82) is 0 Å². The number of aromatic nitrogens is 2. The van der Waals surface area contributed by atoms with Crippen molar-refractivity contribution in [3.05, 3.63) is 47.5 Å². The molecule has 2 aliphatic rings. The number of aromatic amines is 1. The number of likely N-dealkylation sites (tertiary alicyclic amines) is 2. The second kappa shape index (κ2) is 7.98. The monoisotopic (exact) mass is 418 g/mol. The van der Waals surface area contributed by atoms with Crippen LogP contribution in [0.4, 0.5) is 8.78 Å². The van der Waals surface area contributed by atoms with Crippen molar-refractivity contribution in [3.63, 3.8) is 0 Å². The van der Waals surface area contributed by atoms with Crippen LogP contribution in [0.5, 0.6) is 5.75 Å². The summed E-state index contributed by atoms with van der Waals surface area (Å²) < 4.78 is 34.8. The lowest BCUT2D eigenvalue weighted by Gasteiger charge is -2.49. The molecular weight excluding hydrogens is 390 g/mol. The molecular formula is C22H28F2N4O2. The van der Waals surface area contributed by atoms with Crippen molar-refractivity contribution in [1.82, 2.24) is 19.8 Å². The zero-order valence-corrected chi connectivity index (χ0v) is 17.5. The number of aryl methyl sites for hydroxylation is 1. The van der Waals surface area contributed by atoms with E-state index in [0.717, 1.165) is 29.3 Å². The fourth-order valence-corrected chi connectivity index (χ4v) is 4.93. The molecule has 2 fully saturated rings. The van der Waals surface area contributed by atoms with E-state index in [1.807, 2.05) is 31.2 Å². The first-order valence-electron chi connectivity index (χ1n) is 10.3. The molecule has 2 aliphatic heterocycles. The van der Waals surface area contributed by atoms with Gasteiger partial charge in [-0.1, -0.05) is 12.1 Å². The Hall–Kier alpha value is -2.48. The number of carbonyl (C=O) groups is 1. The number of hydrogen-bond donors (Lipinski definition) is 1. The van der Waals surface area contributed by atoms with Gasteiger partial charge in [-0.2, -0.15) is 0 Å². The van der Waals surface area contributed by atoms with E-state index in [1.165, 1.54) is 0 Å². The summed E-state index contributed by atoms with van der Waals surface area (Å²) in [5, 5.41) is 0. The van der Waals surface area contributed by atoms with E-state index in [9.17, 15) is 13.6 Å². The SMILES string of the molecule is COc1cccc(CN2CCCC3(CN(Cc4cnc(C)[nH]4)CC(F)(F)C3)C2=O)c1. The van der Waals surface area contributed by atoms with E-state index < -0.39 is 11.3 Å². The Kier molecular flexibility index (Phi) is 5.53.